The number of hydrogen-bond acceptors (Lipinski definition) is 4. The lowest BCUT2D eigenvalue weighted by molar-refractivity contribution is -0.274. The molecule has 8 heteroatoms. The molecule has 0 radical (unpaired) electrons. The summed E-state index contributed by atoms with van der Waals surface area (Å²) in [7, 11) is 1.08. The molecule has 0 amide bonds. The van der Waals surface area contributed by atoms with Crippen LogP contribution in [-0.4, -0.2) is 19.4 Å². The van der Waals surface area contributed by atoms with Crippen LogP contribution < -0.4 is 4.74 Å². The zero-order valence-electron chi connectivity index (χ0n) is 9.55. The van der Waals surface area contributed by atoms with E-state index in [1.807, 2.05) is 0 Å². The van der Waals surface area contributed by atoms with Crippen LogP contribution in [0.15, 0.2) is 12.1 Å². The van der Waals surface area contributed by atoms with Gasteiger partial charge >= 0.3 is 12.3 Å². The van der Waals surface area contributed by atoms with Gasteiger partial charge in [-0.1, -0.05) is 0 Å². The molecule has 4 nitrogen and oxygen atoms in total. The van der Waals surface area contributed by atoms with Crippen LogP contribution in [-0.2, 0) is 10.6 Å². The molecule has 0 unspecified atom stereocenters. The number of rotatable bonds is 3. The molecule has 0 aliphatic carbocycles. The second-order valence-corrected chi connectivity index (χ2v) is 3.56. The lowest BCUT2D eigenvalue weighted by atomic mass is 10.0. The van der Waals surface area contributed by atoms with Crippen LogP contribution in [0.25, 0.3) is 0 Å². The summed E-state index contributed by atoms with van der Waals surface area (Å²) in [4.78, 5) is 11.5. The molecule has 0 spiro atoms. The average molecular weight is 294 g/mol. The number of ether oxygens (including phenoxy) is 2. The zero-order chi connectivity index (χ0) is 14.6. The largest absolute Gasteiger partial charge is 0.573 e. The van der Waals surface area contributed by atoms with E-state index in [0.717, 1.165) is 19.2 Å². The highest BCUT2D eigenvalue weighted by Gasteiger charge is 2.32. The number of nitriles is 1. The van der Waals surface area contributed by atoms with E-state index in [1.165, 1.54) is 0 Å². The Morgan fingerprint density at radius 1 is 1.47 bits per heavy atom. The molecular weight excluding hydrogens is 287 g/mol. The maximum atomic E-state index is 12.1. The summed E-state index contributed by atoms with van der Waals surface area (Å²) in [6, 6.07) is 3.34. The Labute approximate surface area is 111 Å². The zero-order valence-corrected chi connectivity index (χ0v) is 10.3. The number of benzene rings is 1. The molecule has 0 saturated heterocycles. The third kappa shape index (κ3) is 3.76. The van der Waals surface area contributed by atoms with Gasteiger partial charge in [0, 0.05) is 5.88 Å². The molecule has 0 heterocycles. The van der Waals surface area contributed by atoms with Crippen LogP contribution in [0.3, 0.4) is 0 Å². The maximum absolute atomic E-state index is 12.1. The van der Waals surface area contributed by atoms with Gasteiger partial charge in [0.2, 0.25) is 0 Å². The van der Waals surface area contributed by atoms with Gasteiger partial charge in [0.05, 0.1) is 18.2 Å². The lowest BCUT2D eigenvalue weighted by Gasteiger charge is -2.13. The Kier molecular flexibility index (Phi) is 4.62. The summed E-state index contributed by atoms with van der Waals surface area (Å²) >= 11 is 5.55. The second-order valence-electron chi connectivity index (χ2n) is 3.29. The molecule has 1 aromatic carbocycles. The van der Waals surface area contributed by atoms with Crippen molar-refractivity contribution in [3.8, 4) is 11.8 Å². The van der Waals surface area contributed by atoms with Gasteiger partial charge in [0.25, 0.3) is 0 Å². The van der Waals surface area contributed by atoms with Crippen LogP contribution in [0.5, 0.6) is 5.75 Å². The molecule has 0 aliphatic rings. The number of hydrogen-bond donors (Lipinski definition) is 0. The van der Waals surface area contributed by atoms with Crippen molar-refractivity contribution in [2.75, 3.05) is 7.11 Å². The van der Waals surface area contributed by atoms with Crippen molar-refractivity contribution in [2.45, 2.75) is 12.2 Å². The Balaban J connectivity index is 3.37. The number of carbonyl (C=O) groups is 1. The molecule has 1 rings (SSSR count). The van der Waals surface area contributed by atoms with Gasteiger partial charge in [0.1, 0.15) is 11.8 Å². The van der Waals surface area contributed by atoms with Crippen LogP contribution in [0.2, 0.25) is 0 Å². The van der Waals surface area contributed by atoms with E-state index in [1.54, 1.807) is 6.07 Å². The van der Waals surface area contributed by atoms with Gasteiger partial charge < -0.3 is 9.47 Å². The fourth-order valence-corrected chi connectivity index (χ4v) is 1.61. The summed E-state index contributed by atoms with van der Waals surface area (Å²) in [6.07, 6.45) is -4.90. The van der Waals surface area contributed by atoms with Crippen molar-refractivity contribution < 1.29 is 27.4 Å². The van der Waals surface area contributed by atoms with Crippen LogP contribution in [0, 0.1) is 11.3 Å². The smallest absolute Gasteiger partial charge is 0.465 e. The summed E-state index contributed by atoms with van der Waals surface area (Å²) in [6.45, 7) is 0. The van der Waals surface area contributed by atoms with Gasteiger partial charge in [-0.2, -0.15) is 5.26 Å². The first-order valence-corrected chi connectivity index (χ1v) is 5.33. The molecule has 0 fully saturated rings. The summed E-state index contributed by atoms with van der Waals surface area (Å²) in [5, 5.41) is 8.87. The number of nitrogens with zero attached hydrogens (tertiary/aromatic N) is 1. The number of halogens is 4. The predicted molar refractivity (Wildman–Crippen MR) is 58.7 cm³/mol. The minimum absolute atomic E-state index is 0.0202. The topological polar surface area (TPSA) is 59.3 Å². The fraction of sp³-hybridized carbons (Fsp3) is 0.273. The highest BCUT2D eigenvalue weighted by molar-refractivity contribution is 6.17. The van der Waals surface area contributed by atoms with E-state index in [2.05, 4.69) is 9.47 Å². The molecule has 1 aromatic rings. The monoisotopic (exact) mass is 293 g/mol. The number of esters is 1. The normalized spacial score (nSPS) is 10.7. The van der Waals surface area contributed by atoms with Crippen molar-refractivity contribution >= 4 is 17.6 Å². The number of carbonyl (C=O) groups excluding carboxylic acids is 1. The first-order valence-electron chi connectivity index (χ1n) is 4.79. The Morgan fingerprint density at radius 2 is 2.11 bits per heavy atom. The first kappa shape index (κ1) is 15.1. The van der Waals surface area contributed by atoms with Crippen LogP contribution >= 0.6 is 11.6 Å². The lowest BCUT2D eigenvalue weighted by Crippen LogP contribution is -2.18. The highest BCUT2D eigenvalue weighted by Crippen LogP contribution is 2.28. The maximum Gasteiger partial charge on any atom is 0.573 e. The van der Waals surface area contributed by atoms with Gasteiger partial charge in [-0.05, 0) is 17.7 Å². The number of methoxy groups -OCH3 is 1. The Morgan fingerprint density at radius 3 is 2.53 bits per heavy atom. The summed E-state index contributed by atoms with van der Waals surface area (Å²) in [5.41, 5.74) is -0.453. The van der Waals surface area contributed by atoms with Crippen molar-refractivity contribution in [1.29, 1.82) is 5.26 Å². The predicted octanol–water partition coefficient (Wildman–Crippen LogP) is 2.98. The van der Waals surface area contributed by atoms with Crippen molar-refractivity contribution in [3.05, 3.63) is 28.8 Å². The molecule has 0 N–H and O–H groups in total. The highest BCUT2D eigenvalue weighted by atomic mass is 35.5. The summed E-state index contributed by atoms with van der Waals surface area (Å²) in [5.74, 6) is -1.74. The summed E-state index contributed by atoms with van der Waals surface area (Å²) < 4.78 is 44.5. The van der Waals surface area contributed by atoms with Gasteiger partial charge in [-0.15, -0.1) is 24.8 Å². The standard InChI is InChI=1S/C11H7ClF3NO3/c1-18-10(17)9-6(4-12)2-8(3-7(9)5-16)19-11(13,14)15/h2-3H,4H2,1H3. The van der Waals surface area contributed by atoms with E-state index in [-0.39, 0.29) is 22.6 Å². The molecule has 0 atom stereocenters. The van der Waals surface area contributed by atoms with E-state index in [4.69, 9.17) is 16.9 Å². The molecule has 0 aliphatic heterocycles. The van der Waals surface area contributed by atoms with Crippen LogP contribution in [0.1, 0.15) is 21.5 Å². The van der Waals surface area contributed by atoms with E-state index in [9.17, 15) is 18.0 Å². The molecule has 102 valence electrons. The van der Waals surface area contributed by atoms with Gasteiger partial charge in [-0.25, -0.2) is 4.79 Å². The second kappa shape index (κ2) is 5.80. The van der Waals surface area contributed by atoms with E-state index in [0.29, 0.717) is 0 Å². The van der Waals surface area contributed by atoms with E-state index >= 15 is 0 Å². The van der Waals surface area contributed by atoms with E-state index < -0.39 is 18.1 Å². The Bertz CT molecular complexity index is 537. The third-order valence-electron chi connectivity index (χ3n) is 2.08. The van der Waals surface area contributed by atoms with Gasteiger partial charge in [-0.3, -0.25) is 0 Å². The van der Waals surface area contributed by atoms with Crippen molar-refractivity contribution in [1.82, 2.24) is 0 Å². The average Bonchev–Trinajstić information content (AvgIpc) is 2.34. The van der Waals surface area contributed by atoms with Crippen molar-refractivity contribution in [3.63, 3.8) is 0 Å². The third-order valence-corrected chi connectivity index (χ3v) is 2.37. The molecule has 19 heavy (non-hydrogen) atoms. The van der Waals surface area contributed by atoms with Crippen molar-refractivity contribution in [2.24, 2.45) is 0 Å². The fourth-order valence-electron chi connectivity index (χ4n) is 1.40. The van der Waals surface area contributed by atoms with Gasteiger partial charge in [0.15, 0.2) is 0 Å². The molecular formula is C11H7ClF3NO3. The number of alkyl halides is 4. The first-order chi connectivity index (χ1) is 8.82. The van der Waals surface area contributed by atoms with Crippen LogP contribution in [0.4, 0.5) is 13.2 Å². The molecule has 0 bridgehead atoms. The molecule has 0 aromatic heterocycles. The quantitative estimate of drug-likeness (QED) is 0.635. The minimum atomic E-state index is -4.90. The molecule has 0 saturated carbocycles. The Hall–Kier alpha value is -1.94. The minimum Gasteiger partial charge on any atom is -0.465 e. The SMILES string of the molecule is COC(=O)c1c(C#N)cc(OC(F)(F)F)cc1CCl.